The number of carbonyl (C=O) groups is 1. The second-order valence-corrected chi connectivity index (χ2v) is 7.47. The van der Waals surface area contributed by atoms with E-state index in [1.54, 1.807) is 0 Å². The Hall–Kier alpha value is -1.34. The van der Waals surface area contributed by atoms with E-state index in [0.717, 1.165) is 22.3 Å². The number of hydrogen-bond donors (Lipinski definition) is 1. The first-order valence-electron chi connectivity index (χ1n) is 8.03. The zero-order chi connectivity index (χ0) is 16.2. The van der Waals surface area contributed by atoms with Crippen LogP contribution in [-0.2, 0) is 0 Å². The van der Waals surface area contributed by atoms with Crippen LogP contribution in [0, 0.1) is 9.49 Å². The minimum Gasteiger partial charge on any atom is -0.350 e. The van der Waals surface area contributed by atoms with Crippen molar-refractivity contribution in [3.05, 3.63) is 51.9 Å². The number of amides is 1. The molecule has 1 N–H and O–H groups in total. The highest BCUT2D eigenvalue weighted by Gasteiger charge is 2.19. The van der Waals surface area contributed by atoms with Crippen molar-refractivity contribution in [3.63, 3.8) is 0 Å². The smallest absolute Gasteiger partial charge is 0.268 e. The molecule has 1 aliphatic heterocycles. The summed E-state index contributed by atoms with van der Waals surface area (Å²) in [6.07, 6.45) is 4.35. The van der Waals surface area contributed by atoms with Crippen LogP contribution in [0.5, 0.6) is 0 Å². The molecular weight excluding hydrogens is 401 g/mol. The van der Waals surface area contributed by atoms with Crippen molar-refractivity contribution in [3.8, 4) is 5.69 Å². The predicted octanol–water partition coefficient (Wildman–Crippen LogP) is 3.15. The van der Waals surface area contributed by atoms with E-state index in [9.17, 15) is 4.79 Å². The highest BCUT2D eigenvalue weighted by atomic mass is 127. The van der Waals surface area contributed by atoms with Crippen LogP contribution in [0.4, 0.5) is 0 Å². The Morgan fingerprint density at radius 3 is 3.00 bits per heavy atom. The molecule has 1 aromatic carbocycles. The van der Waals surface area contributed by atoms with Gasteiger partial charge in [0.15, 0.2) is 0 Å². The van der Waals surface area contributed by atoms with Gasteiger partial charge in [-0.25, -0.2) is 0 Å². The third kappa shape index (κ3) is 4.14. The molecule has 0 spiro atoms. The van der Waals surface area contributed by atoms with Gasteiger partial charge in [0.2, 0.25) is 0 Å². The van der Waals surface area contributed by atoms with Crippen LogP contribution < -0.4 is 5.32 Å². The molecule has 1 unspecified atom stereocenters. The summed E-state index contributed by atoms with van der Waals surface area (Å²) in [5.41, 5.74) is 1.71. The van der Waals surface area contributed by atoms with Gasteiger partial charge in [0.25, 0.3) is 5.91 Å². The lowest BCUT2D eigenvalue weighted by molar-refractivity contribution is 0.0930. The quantitative estimate of drug-likeness (QED) is 0.768. The first kappa shape index (κ1) is 16.5. The van der Waals surface area contributed by atoms with Crippen molar-refractivity contribution in [1.82, 2.24) is 14.8 Å². The summed E-state index contributed by atoms with van der Waals surface area (Å²) < 4.78 is 3.11. The lowest BCUT2D eigenvalue weighted by Crippen LogP contribution is -2.39. The summed E-state index contributed by atoms with van der Waals surface area (Å²) in [5, 5.41) is 3.11. The fraction of sp³-hybridized carbons (Fsp3) is 0.389. The number of hydrogen-bond acceptors (Lipinski definition) is 2. The molecule has 3 rings (SSSR count). The number of carbonyl (C=O) groups excluding carboxylic acids is 1. The zero-order valence-corrected chi connectivity index (χ0v) is 15.5. The fourth-order valence-electron chi connectivity index (χ4n) is 3.18. The Labute approximate surface area is 151 Å². The van der Waals surface area contributed by atoms with E-state index in [1.165, 1.54) is 19.4 Å². The summed E-state index contributed by atoms with van der Waals surface area (Å²) in [6.45, 7) is 2.98. The molecule has 2 aromatic rings. The van der Waals surface area contributed by atoms with E-state index in [1.807, 2.05) is 41.1 Å². The van der Waals surface area contributed by atoms with E-state index < -0.39 is 0 Å². The Kier molecular flexibility index (Phi) is 5.38. The summed E-state index contributed by atoms with van der Waals surface area (Å²) in [7, 11) is 2.15. The van der Waals surface area contributed by atoms with Gasteiger partial charge in [0, 0.05) is 28.5 Å². The highest BCUT2D eigenvalue weighted by Crippen LogP contribution is 2.17. The highest BCUT2D eigenvalue weighted by molar-refractivity contribution is 14.1. The van der Waals surface area contributed by atoms with Crippen molar-refractivity contribution < 1.29 is 4.79 Å². The molecule has 122 valence electrons. The monoisotopic (exact) mass is 423 g/mol. The van der Waals surface area contributed by atoms with Crippen LogP contribution in [0.2, 0.25) is 0 Å². The van der Waals surface area contributed by atoms with Gasteiger partial charge in [-0.05, 0) is 85.3 Å². The molecule has 0 radical (unpaired) electrons. The largest absolute Gasteiger partial charge is 0.350 e. The number of likely N-dealkylation sites (tertiary alicyclic amines) is 1. The predicted molar refractivity (Wildman–Crippen MR) is 101 cm³/mol. The van der Waals surface area contributed by atoms with Gasteiger partial charge in [-0.15, -0.1) is 0 Å². The van der Waals surface area contributed by atoms with E-state index in [2.05, 4.69) is 45.9 Å². The number of piperidine rings is 1. The summed E-state index contributed by atoms with van der Waals surface area (Å²) in [5.74, 6) is 0.556. The normalized spacial score (nSPS) is 18.8. The van der Waals surface area contributed by atoms with Gasteiger partial charge in [0.05, 0.1) is 0 Å². The van der Waals surface area contributed by atoms with Gasteiger partial charge in [-0.2, -0.15) is 0 Å². The Bertz CT molecular complexity index is 682. The standard InChI is InChI=1S/C18H22IN3O/c1-21-9-3-5-14(13-21)12-20-18(23)17-8-4-10-22(17)16-7-2-6-15(19)11-16/h2,4,6-8,10-11,14H,3,5,9,12-13H2,1H3,(H,20,23). The molecule has 0 aliphatic carbocycles. The molecule has 1 aromatic heterocycles. The summed E-state index contributed by atoms with van der Waals surface area (Å²) >= 11 is 2.29. The van der Waals surface area contributed by atoms with Crippen LogP contribution in [0.3, 0.4) is 0 Å². The second-order valence-electron chi connectivity index (χ2n) is 6.22. The number of aromatic nitrogens is 1. The molecule has 1 amide bonds. The molecule has 0 saturated carbocycles. The van der Waals surface area contributed by atoms with Crippen LogP contribution in [0.25, 0.3) is 5.69 Å². The molecule has 5 heteroatoms. The van der Waals surface area contributed by atoms with Crippen LogP contribution in [-0.4, -0.2) is 42.1 Å². The lowest BCUT2D eigenvalue weighted by atomic mass is 9.98. The van der Waals surface area contributed by atoms with Gasteiger partial charge >= 0.3 is 0 Å². The Balaban J connectivity index is 1.68. The molecule has 2 heterocycles. The van der Waals surface area contributed by atoms with Gasteiger partial charge in [0.1, 0.15) is 5.69 Å². The number of halogens is 1. The number of nitrogens with zero attached hydrogens (tertiary/aromatic N) is 2. The van der Waals surface area contributed by atoms with Crippen LogP contribution >= 0.6 is 22.6 Å². The topological polar surface area (TPSA) is 37.3 Å². The van der Waals surface area contributed by atoms with Crippen molar-refractivity contribution >= 4 is 28.5 Å². The van der Waals surface area contributed by atoms with Crippen LogP contribution in [0.15, 0.2) is 42.6 Å². The number of benzene rings is 1. The molecule has 0 bridgehead atoms. The average molecular weight is 423 g/mol. The van der Waals surface area contributed by atoms with E-state index in [4.69, 9.17) is 0 Å². The van der Waals surface area contributed by atoms with Crippen molar-refractivity contribution in [2.24, 2.45) is 5.92 Å². The zero-order valence-electron chi connectivity index (χ0n) is 13.3. The summed E-state index contributed by atoms with van der Waals surface area (Å²) in [4.78, 5) is 14.9. The molecule has 4 nitrogen and oxygen atoms in total. The molecule has 1 atom stereocenters. The van der Waals surface area contributed by atoms with E-state index in [0.29, 0.717) is 11.6 Å². The van der Waals surface area contributed by atoms with Gasteiger partial charge in [-0.1, -0.05) is 6.07 Å². The maximum absolute atomic E-state index is 12.6. The SMILES string of the molecule is CN1CCCC(CNC(=O)c2cccn2-c2cccc(I)c2)C1. The van der Waals surface area contributed by atoms with Crippen LogP contribution in [0.1, 0.15) is 23.3 Å². The molecular formula is C18H22IN3O. The number of rotatable bonds is 4. The van der Waals surface area contributed by atoms with Crippen molar-refractivity contribution in [2.75, 3.05) is 26.7 Å². The first-order valence-corrected chi connectivity index (χ1v) is 9.11. The molecule has 1 fully saturated rings. The second kappa shape index (κ2) is 7.49. The minimum absolute atomic E-state index is 0.00193. The average Bonchev–Trinajstić information content (AvgIpc) is 3.02. The first-order chi connectivity index (χ1) is 11.1. The molecule has 23 heavy (non-hydrogen) atoms. The van der Waals surface area contributed by atoms with E-state index in [-0.39, 0.29) is 5.91 Å². The van der Waals surface area contributed by atoms with Gasteiger partial charge in [-0.3, -0.25) is 4.79 Å². The minimum atomic E-state index is 0.00193. The maximum atomic E-state index is 12.6. The third-order valence-corrected chi connectivity index (χ3v) is 5.01. The Morgan fingerprint density at radius 2 is 2.22 bits per heavy atom. The third-order valence-electron chi connectivity index (χ3n) is 4.34. The number of nitrogens with one attached hydrogen (secondary N) is 1. The fourth-order valence-corrected chi connectivity index (χ4v) is 3.71. The summed E-state index contributed by atoms with van der Waals surface area (Å²) in [6, 6.07) is 12.0. The maximum Gasteiger partial charge on any atom is 0.268 e. The van der Waals surface area contributed by atoms with Crippen molar-refractivity contribution in [2.45, 2.75) is 12.8 Å². The van der Waals surface area contributed by atoms with Gasteiger partial charge < -0.3 is 14.8 Å². The molecule has 1 aliphatic rings. The lowest BCUT2D eigenvalue weighted by Gasteiger charge is -2.29. The molecule has 1 saturated heterocycles. The Morgan fingerprint density at radius 1 is 1.35 bits per heavy atom. The van der Waals surface area contributed by atoms with Crippen molar-refractivity contribution in [1.29, 1.82) is 0 Å². The van der Waals surface area contributed by atoms with E-state index >= 15 is 0 Å².